The molecule has 0 unspecified atom stereocenters. The highest BCUT2D eigenvalue weighted by Gasteiger charge is 2.09. The zero-order valence-electron chi connectivity index (χ0n) is 14.9. The lowest BCUT2D eigenvalue weighted by atomic mass is 10.2. The van der Waals surface area contributed by atoms with Gasteiger partial charge in [0.15, 0.2) is 0 Å². The van der Waals surface area contributed by atoms with Crippen molar-refractivity contribution in [2.24, 2.45) is 0 Å². The number of benzene rings is 2. The van der Waals surface area contributed by atoms with Crippen LogP contribution in [0.3, 0.4) is 0 Å². The van der Waals surface area contributed by atoms with Gasteiger partial charge in [-0.1, -0.05) is 30.3 Å². The lowest BCUT2D eigenvalue weighted by Crippen LogP contribution is -2.14. The van der Waals surface area contributed by atoms with Crippen LogP contribution in [-0.2, 0) is 11.2 Å². The van der Waals surface area contributed by atoms with Crippen LogP contribution in [0, 0.1) is 0 Å². The second kappa shape index (κ2) is 8.45. The Morgan fingerprint density at radius 3 is 2.39 bits per heavy atom. The van der Waals surface area contributed by atoms with E-state index in [2.05, 4.69) is 15.3 Å². The predicted molar refractivity (Wildman–Crippen MR) is 111 cm³/mol. The maximum Gasteiger partial charge on any atom is 0.230 e. The fourth-order valence-corrected chi connectivity index (χ4v) is 3.45. The van der Waals surface area contributed by atoms with Crippen LogP contribution in [0.25, 0.3) is 10.6 Å². The summed E-state index contributed by atoms with van der Waals surface area (Å²) < 4.78 is 5.72. The van der Waals surface area contributed by atoms with Gasteiger partial charge in [0.05, 0.1) is 12.1 Å². The monoisotopic (exact) mass is 387 g/mol. The number of aromatic nitrogens is 2. The van der Waals surface area contributed by atoms with Crippen LogP contribution in [-0.4, -0.2) is 15.9 Å². The van der Waals surface area contributed by atoms with Gasteiger partial charge in [0.1, 0.15) is 16.5 Å². The van der Waals surface area contributed by atoms with Gasteiger partial charge in [-0.3, -0.25) is 9.78 Å². The fourth-order valence-electron chi connectivity index (χ4n) is 2.62. The van der Waals surface area contributed by atoms with Crippen LogP contribution in [0.5, 0.6) is 11.5 Å². The van der Waals surface area contributed by atoms with Crippen molar-refractivity contribution in [3.8, 4) is 22.1 Å². The van der Waals surface area contributed by atoms with Crippen molar-refractivity contribution in [2.45, 2.75) is 6.42 Å². The molecule has 5 nitrogen and oxygen atoms in total. The van der Waals surface area contributed by atoms with Crippen molar-refractivity contribution in [3.05, 3.63) is 90.2 Å². The average Bonchev–Trinajstić information content (AvgIpc) is 3.19. The summed E-state index contributed by atoms with van der Waals surface area (Å²) in [6.45, 7) is 0. The Hall–Kier alpha value is -3.51. The molecule has 0 saturated carbocycles. The lowest BCUT2D eigenvalue weighted by molar-refractivity contribution is -0.115. The standard InChI is InChI=1S/C22H17N3O2S/c26-21(14-18-15-28-22(25-18)16-4-2-1-3-5-16)24-17-6-8-19(9-7-17)27-20-10-12-23-13-11-20/h1-13,15H,14H2,(H,24,26). The molecule has 0 aliphatic heterocycles. The predicted octanol–water partition coefficient (Wildman–Crippen LogP) is 5.18. The van der Waals surface area contributed by atoms with Gasteiger partial charge in [-0.15, -0.1) is 11.3 Å². The van der Waals surface area contributed by atoms with E-state index >= 15 is 0 Å². The number of nitrogens with zero attached hydrogens (tertiary/aromatic N) is 2. The lowest BCUT2D eigenvalue weighted by Gasteiger charge is -2.07. The third-order valence-electron chi connectivity index (χ3n) is 3.94. The van der Waals surface area contributed by atoms with Gasteiger partial charge in [-0.2, -0.15) is 0 Å². The van der Waals surface area contributed by atoms with Gasteiger partial charge in [0.25, 0.3) is 0 Å². The Morgan fingerprint density at radius 2 is 1.64 bits per heavy atom. The molecule has 0 fully saturated rings. The Balaban J connectivity index is 1.34. The maximum atomic E-state index is 12.3. The summed E-state index contributed by atoms with van der Waals surface area (Å²) >= 11 is 1.54. The molecular weight excluding hydrogens is 370 g/mol. The first kappa shape index (κ1) is 17.9. The first-order chi connectivity index (χ1) is 13.8. The fraction of sp³-hybridized carbons (Fsp3) is 0.0455. The van der Waals surface area contributed by atoms with Gasteiger partial charge in [0.2, 0.25) is 5.91 Å². The molecule has 0 atom stereocenters. The first-order valence-electron chi connectivity index (χ1n) is 8.74. The molecule has 0 saturated heterocycles. The minimum Gasteiger partial charge on any atom is -0.457 e. The molecule has 2 heterocycles. The molecule has 2 aromatic heterocycles. The molecular formula is C22H17N3O2S. The number of nitrogens with one attached hydrogen (secondary N) is 1. The normalized spacial score (nSPS) is 10.4. The van der Waals surface area contributed by atoms with Crippen molar-refractivity contribution in [1.29, 1.82) is 0 Å². The van der Waals surface area contributed by atoms with E-state index in [1.165, 1.54) is 0 Å². The van der Waals surface area contributed by atoms with Crippen LogP contribution < -0.4 is 10.1 Å². The molecule has 0 spiro atoms. The number of hydrogen-bond acceptors (Lipinski definition) is 5. The van der Waals surface area contributed by atoms with Gasteiger partial charge in [-0.25, -0.2) is 4.98 Å². The number of carbonyl (C=O) groups is 1. The second-order valence-corrected chi connectivity index (χ2v) is 6.90. The number of ether oxygens (including phenoxy) is 1. The van der Waals surface area contributed by atoms with E-state index < -0.39 is 0 Å². The third-order valence-corrected chi connectivity index (χ3v) is 4.88. The van der Waals surface area contributed by atoms with E-state index in [0.717, 1.165) is 16.3 Å². The van der Waals surface area contributed by atoms with Gasteiger partial charge < -0.3 is 10.1 Å². The largest absolute Gasteiger partial charge is 0.457 e. The second-order valence-electron chi connectivity index (χ2n) is 6.04. The topological polar surface area (TPSA) is 64.1 Å². The van der Waals surface area contributed by atoms with Crippen molar-refractivity contribution >= 4 is 22.9 Å². The molecule has 0 aliphatic carbocycles. The van der Waals surface area contributed by atoms with E-state index in [0.29, 0.717) is 17.2 Å². The molecule has 4 aromatic rings. The van der Waals surface area contributed by atoms with Crippen LogP contribution >= 0.6 is 11.3 Å². The Kier molecular flexibility index (Phi) is 5.40. The van der Waals surface area contributed by atoms with Crippen molar-refractivity contribution < 1.29 is 9.53 Å². The number of amides is 1. The zero-order chi connectivity index (χ0) is 19.2. The number of pyridine rings is 1. The molecule has 2 aromatic carbocycles. The number of rotatable bonds is 6. The number of carbonyl (C=O) groups excluding carboxylic acids is 1. The summed E-state index contributed by atoms with van der Waals surface area (Å²) in [7, 11) is 0. The van der Waals surface area contributed by atoms with Gasteiger partial charge in [0, 0.05) is 29.0 Å². The minimum atomic E-state index is -0.104. The molecule has 4 rings (SSSR count). The summed E-state index contributed by atoms with van der Waals surface area (Å²) in [5, 5.41) is 5.73. The third kappa shape index (κ3) is 4.61. The molecule has 28 heavy (non-hydrogen) atoms. The van der Waals surface area contributed by atoms with E-state index in [4.69, 9.17) is 4.74 Å². The molecule has 0 radical (unpaired) electrons. The Morgan fingerprint density at radius 1 is 0.929 bits per heavy atom. The smallest absolute Gasteiger partial charge is 0.230 e. The van der Waals surface area contributed by atoms with E-state index in [-0.39, 0.29) is 12.3 Å². The minimum absolute atomic E-state index is 0.104. The molecule has 1 N–H and O–H groups in total. The van der Waals surface area contributed by atoms with Crippen molar-refractivity contribution in [2.75, 3.05) is 5.32 Å². The average molecular weight is 387 g/mol. The van der Waals surface area contributed by atoms with Crippen molar-refractivity contribution in [3.63, 3.8) is 0 Å². The highest BCUT2D eigenvalue weighted by atomic mass is 32.1. The number of anilines is 1. The SMILES string of the molecule is O=C(Cc1csc(-c2ccccc2)n1)Nc1ccc(Oc2ccncc2)cc1. The molecule has 0 aliphatic rings. The van der Waals surface area contributed by atoms with Crippen LogP contribution in [0.15, 0.2) is 84.5 Å². The first-order valence-corrected chi connectivity index (χ1v) is 9.62. The molecule has 138 valence electrons. The Bertz CT molecular complexity index is 1050. The van der Waals surface area contributed by atoms with Gasteiger partial charge in [-0.05, 0) is 36.4 Å². The van der Waals surface area contributed by atoms with Crippen molar-refractivity contribution in [1.82, 2.24) is 9.97 Å². The van der Waals surface area contributed by atoms with Crippen LogP contribution in [0.4, 0.5) is 5.69 Å². The number of thiazole rings is 1. The summed E-state index contributed by atoms with van der Waals surface area (Å²) in [5.41, 5.74) is 2.54. The molecule has 6 heteroatoms. The summed E-state index contributed by atoms with van der Waals surface area (Å²) in [4.78, 5) is 20.8. The van der Waals surface area contributed by atoms with Crippen LogP contribution in [0.2, 0.25) is 0 Å². The Labute approximate surface area is 166 Å². The number of hydrogen-bond donors (Lipinski definition) is 1. The van der Waals surface area contributed by atoms with Gasteiger partial charge >= 0.3 is 0 Å². The van der Waals surface area contributed by atoms with E-state index in [9.17, 15) is 4.79 Å². The zero-order valence-corrected chi connectivity index (χ0v) is 15.7. The molecule has 1 amide bonds. The molecule has 0 bridgehead atoms. The highest BCUT2D eigenvalue weighted by Crippen LogP contribution is 2.24. The maximum absolute atomic E-state index is 12.3. The highest BCUT2D eigenvalue weighted by molar-refractivity contribution is 7.13. The summed E-state index contributed by atoms with van der Waals surface area (Å²) in [6.07, 6.45) is 3.58. The quantitative estimate of drug-likeness (QED) is 0.495. The van der Waals surface area contributed by atoms with Crippen LogP contribution in [0.1, 0.15) is 5.69 Å². The summed E-state index contributed by atoms with van der Waals surface area (Å²) in [5.74, 6) is 1.30. The van der Waals surface area contributed by atoms with E-state index in [1.807, 2.05) is 60.0 Å². The van der Waals surface area contributed by atoms with E-state index in [1.54, 1.807) is 35.9 Å². The summed E-state index contributed by atoms with van der Waals surface area (Å²) in [6, 6.07) is 20.8.